The Balaban J connectivity index is 2.33. The van der Waals surface area contributed by atoms with Crippen molar-refractivity contribution in [3.8, 4) is 0 Å². The molecule has 0 radical (unpaired) electrons. The third kappa shape index (κ3) is 1.57. The fourth-order valence-corrected chi connectivity index (χ4v) is 3.83. The van der Waals surface area contributed by atoms with Gasteiger partial charge in [-0.15, -0.1) is 0 Å². The minimum absolute atomic E-state index is 0.205. The van der Waals surface area contributed by atoms with Gasteiger partial charge in [-0.05, 0) is 26.3 Å². The molecule has 3 nitrogen and oxygen atoms in total. The minimum atomic E-state index is -3.29. The number of rotatable bonds is 3. The summed E-state index contributed by atoms with van der Waals surface area (Å²) in [5.74, 6) is 0. The van der Waals surface area contributed by atoms with E-state index < -0.39 is 20.0 Å². The summed E-state index contributed by atoms with van der Waals surface area (Å²) in [6.45, 7) is 5.14. The lowest BCUT2D eigenvalue weighted by Gasteiger charge is -2.16. The summed E-state index contributed by atoms with van der Waals surface area (Å²) in [5.41, 5.74) is 0.812. The molecule has 1 aromatic rings. The zero-order valence-electron chi connectivity index (χ0n) is 9.67. The Labute approximate surface area is 96.4 Å². The molecule has 0 saturated carbocycles. The van der Waals surface area contributed by atoms with Gasteiger partial charge < -0.3 is 4.74 Å². The van der Waals surface area contributed by atoms with Crippen molar-refractivity contribution in [3.63, 3.8) is 0 Å². The average molecular weight is 240 g/mol. The summed E-state index contributed by atoms with van der Waals surface area (Å²) >= 11 is 0. The molecule has 0 amide bonds. The lowest BCUT2D eigenvalue weighted by atomic mass is 10.2. The van der Waals surface area contributed by atoms with Crippen LogP contribution in [-0.4, -0.2) is 19.5 Å². The van der Waals surface area contributed by atoms with E-state index in [4.69, 9.17) is 4.74 Å². The summed E-state index contributed by atoms with van der Waals surface area (Å²) in [6.07, 6.45) is -0.205. The van der Waals surface area contributed by atoms with Crippen LogP contribution in [0, 0.1) is 0 Å². The number of hydrogen-bond acceptors (Lipinski definition) is 3. The highest BCUT2D eigenvalue weighted by Gasteiger charge is 2.61. The maximum atomic E-state index is 12.3. The maximum Gasteiger partial charge on any atom is 0.192 e. The Kier molecular flexibility index (Phi) is 2.59. The lowest BCUT2D eigenvalue weighted by Crippen LogP contribution is -2.27. The Morgan fingerprint density at radius 2 is 1.81 bits per heavy atom. The molecular formula is C12H16O3S. The lowest BCUT2D eigenvalue weighted by molar-refractivity contribution is 0.359. The van der Waals surface area contributed by atoms with Crippen molar-refractivity contribution in [1.82, 2.24) is 0 Å². The van der Waals surface area contributed by atoms with Gasteiger partial charge in [0, 0.05) is 0 Å². The van der Waals surface area contributed by atoms with Gasteiger partial charge in [-0.3, -0.25) is 0 Å². The number of benzene rings is 1. The number of epoxide rings is 1. The zero-order chi connectivity index (χ0) is 12.0. The third-order valence-corrected chi connectivity index (χ3v) is 6.15. The largest absolute Gasteiger partial charge is 0.350 e. The Morgan fingerprint density at radius 1 is 1.31 bits per heavy atom. The first kappa shape index (κ1) is 11.6. The van der Waals surface area contributed by atoms with Gasteiger partial charge in [-0.25, -0.2) is 8.42 Å². The van der Waals surface area contributed by atoms with Gasteiger partial charge in [0.05, 0.1) is 5.25 Å². The molecule has 2 rings (SSSR count). The summed E-state index contributed by atoms with van der Waals surface area (Å²) in [4.78, 5) is -0.998. The molecule has 1 saturated heterocycles. The second-order valence-electron chi connectivity index (χ2n) is 4.37. The summed E-state index contributed by atoms with van der Waals surface area (Å²) in [7, 11) is -3.29. The smallest absolute Gasteiger partial charge is 0.192 e. The SMILES string of the molecule is CC(c1ccccc1)S(=O)(=O)[C@@]1(C)O[C@@H]1C. The predicted molar refractivity (Wildman–Crippen MR) is 62.7 cm³/mol. The average Bonchev–Trinajstić information content (AvgIpc) is 2.89. The van der Waals surface area contributed by atoms with Gasteiger partial charge in [-0.2, -0.15) is 0 Å². The van der Waals surface area contributed by atoms with Crippen molar-refractivity contribution in [3.05, 3.63) is 35.9 Å². The highest BCUT2D eigenvalue weighted by atomic mass is 32.2. The van der Waals surface area contributed by atoms with Crippen LogP contribution >= 0.6 is 0 Å². The van der Waals surface area contributed by atoms with Gasteiger partial charge >= 0.3 is 0 Å². The molecule has 1 fully saturated rings. The molecule has 0 aromatic heterocycles. The van der Waals surface area contributed by atoms with E-state index in [1.54, 1.807) is 20.8 Å². The van der Waals surface area contributed by atoms with Gasteiger partial charge in [0.25, 0.3) is 0 Å². The molecule has 1 unspecified atom stereocenters. The predicted octanol–water partition coefficient (Wildman–Crippen LogP) is 2.30. The second kappa shape index (κ2) is 3.57. The van der Waals surface area contributed by atoms with Gasteiger partial charge in [0.1, 0.15) is 6.10 Å². The first-order valence-corrected chi connectivity index (χ1v) is 6.90. The van der Waals surface area contributed by atoms with Crippen LogP contribution in [0.15, 0.2) is 30.3 Å². The molecule has 0 spiro atoms. The Bertz CT molecular complexity index is 480. The first-order valence-electron chi connectivity index (χ1n) is 5.36. The molecule has 0 N–H and O–H groups in total. The van der Waals surface area contributed by atoms with Crippen LogP contribution in [0.25, 0.3) is 0 Å². The fraction of sp³-hybridized carbons (Fsp3) is 0.500. The molecule has 88 valence electrons. The Morgan fingerprint density at radius 3 is 2.25 bits per heavy atom. The van der Waals surface area contributed by atoms with Crippen molar-refractivity contribution in [2.75, 3.05) is 0 Å². The van der Waals surface area contributed by atoms with Crippen LogP contribution < -0.4 is 0 Å². The van der Waals surface area contributed by atoms with Crippen LogP contribution in [0.4, 0.5) is 0 Å². The molecule has 1 aliphatic rings. The van der Waals surface area contributed by atoms with Crippen molar-refractivity contribution >= 4 is 9.84 Å². The van der Waals surface area contributed by atoms with Crippen LogP contribution in [0.3, 0.4) is 0 Å². The normalized spacial score (nSPS) is 31.1. The molecule has 0 aliphatic carbocycles. The van der Waals surface area contributed by atoms with Crippen LogP contribution in [0.1, 0.15) is 31.6 Å². The van der Waals surface area contributed by atoms with E-state index in [0.29, 0.717) is 0 Å². The zero-order valence-corrected chi connectivity index (χ0v) is 10.5. The quantitative estimate of drug-likeness (QED) is 0.762. The minimum Gasteiger partial charge on any atom is -0.350 e. The fourth-order valence-electron chi connectivity index (χ4n) is 1.87. The standard InChI is InChI=1S/C12H16O3S/c1-9(11-7-5-4-6-8-11)16(13,14)12(3)10(2)15-12/h4-10H,1-3H3/t9?,10-,12-/m1/s1. The molecule has 1 aromatic carbocycles. The molecule has 1 aliphatic heterocycles. The monoisotopic (exact) mass is 240 g/mol. The van der Waals surface area contributed by atoms with E-state index in [9.17, 15) is 8.42 Å². The van der Waals surface area contributed by atoms with Crippen molar-refractivity contribution in [2.45, 2.75) is 37.1 Å². The van der Waals surface area contributed by atoms with E-state index >= 15 is 0 Å². The first-order chi connectivity index (χ1) is 7.39. The molecule has 3 atom stereocenters. The van der Waals surface area contributed by atoms with Crippen molar-refractivity contribution < 1.29 is 13.2 Å². The van der Waals surface area contributed by atoms with E-state index in [1.807, 2.05) is 30.3 Å². The van der Waals surface area contributed by atoms with Crippen molar-refractivity contribution in [2.24, 2.45) is 0 Å². The van der Waals surface area contributed by atoms with Crippen LogP contribution in [0.5, 0.6) is 0 Å². The summed E-state index contributed by atoms with van der Waals surface area (Å²) in [6, 6.07) is 9.24. The van der Waals surface area contributed by atoms with Crippen molar-refractivity contribution in [1.29, 1.82) is 0 Å². The number of sulfone groups is 1. The van der Waals surface area contributed by atoms with Crippen LogP contribution in [-0.2, 0) is 14.6 Å². The van der Waals surface area contributed by atoms with E-state index in [1.165, 1.54) is 0 Å². The topological polar surface area (TPSA) is 46.7 Å². The van der Waals surface area contributed by atoms with Gasteiger partial charge in [-0.1, -0.05) is 30.3 Å². The summed E-state index contributed by atoms with van der Waals surface area (Å²) < 4.78 is 29.8. The molecule has 4 heteroatoms. The third-order valence-electron chi connectivity index (χ3n) is 3.39. The Hall–Kier alpha value is -0.870. The second-order valence-corrected chi connectivity index (χ2v) is 6.98. The van der Waals surface area contributed by atoms with E-state index in [2.05, 4.69) is 0 Å². The van der Waals surface area contributed by atoms with E-state index in [-0.39, 0.29) is 6.10 Å². The number of hydrogen-bond donors (Lipinski definition) is 0. The highest BCUT2D eigenvalue weighted by Crippen LogP contribution is 2.46. The maximum absolute atomic E-state index is 12.3. The van der Waals surface area contributed by atoms with Gasteiger partial charge in [0.2, 0.25) is 0 Å². The highest BCUT2D eigenvalue weighted by molar-refractivity contribution is 7.93. The molecule has 16 heavy (non-hydrogen) atoms. The summed E-state index contributed by atoms with van der Waals surface area (Å²) in [5, 5.41) is -0.524. The van der Waals surface area contributed by atoms with Crippen LogP contribution in [0.2, 0.25) is 0 Å². The molecule has 1 heterocycles. The molecular weight excluding hydrogens is 224 g/mol. The van der Waals surface area contributed by atoms with Gasteiger partial charge in [0.15, 0.2) is 14.8 Å². The molecule has 0 bridgehead atoms. The number of ether oxygens (including phenoxy) is 1. The van der Waals surface area contributed by atoms with E-state index in [0.717, 1.165) is 5.56 Å².